The van der Waals surface area contributed by atoms with Crippen molar-refractivity contribution in [3.05, 3.63) is 24.3 Å². The molecule has 0 atom stereocenters. The van der Waals surface area contributed by atoms with Gasteiger partial charge in [-0.1, -0.05) is 0 Å². The topological polar surface area (TPSA) is 70.1 Å². The lowest BCUT2D eigenvalue weighted by molar-refractivity contribution is -0.117. The van der Waals surface area contributed by atoms with Crippen molar-refractivity contribution in [1.29, 1.82) is 5.26 Å². The summed E-state index contributed by atoms with van der Waals surface area (Å²) in [5, 5.41) is 8.36. The van der Waals surface area contributed by atoms with Gasteiger partial charge < -0.3 is 10.6 Å². The highest BCUT2D eigenvalue weighted by atomic mass is 16.2. The van der Waals surface area contributed by atoms with Crippen molar-refractivity contribution >= 4 is 17.3 Å². The normalized spacial score (nSPS) is 9.14. The molecule has 0 spiro atoms. The Kier molecular flexibility index (Phi) is 3.08. The number of anilines is 2. The number of carbonyl (C=O) groups excluding carboxylic acids is 1. The van der Waals surface area contributed by atoms with Gasteiger partial charge in [0, 0.05) is 18.4 Å². The Balaban J connectivity index is 2.80. The molecule has 4 nitrogen and oxygen atoms in total. The van der Waals surface area contributed by atoms with Gasteiger partial charge in [-0.05, 0) is 24.3 Å². The van der Waals surface area contributed by atoms with Crippen molar-refractivity contribution < 1.29 is 4.79 Å². The van der Waals surface area contributed by atoms with Gasteiger partial charge in [-0.3, -0.25) is 4.79 Å². The molecule has 0 radical (unpaired) electrons. The minimum absolute atomic E-state index is 0.110. The molecule has 0 unspecified atom stereocenters. The molecule has 1 aromatic rings. The van der Waals surface area contributed by atoms with E-state index >= 15 is 0 Å². The predicted octanol–water partition coefficient (Wildman–Crippen LogP) is 1.15. The molecule has 72 valence electrons. The van der Waals surface area contributed by atoms with Crippen LogP contribution in [-0.2, 0) is 4.79 Å². The van der Waals surface area contributed by atoms with Crippen LogP contribution in [0.1, 0.15) is 6.42 Å². The Hall–Kier alpha value is -2.02. The van der Waals surface area contributed by atoms with Crippen LogP contribution < -0.4 is 10.6 Å². The summed E-state index contributed by atoms with van der Waals surface area (Å²) in [5.41, 5.74) is 6.89. The molecule has 1 rings (SSSR count). The van der Waals surface area contributed by atoms with Gasteiger partial charge in [0.1, 0.15) is 6.42 Å². The number of nitrogens with zero attached hydrogens (tertiary/aromatic N) is 2. The Morgan fingerprint density at radius 3 is 2.57 bits per heavy atom. The predicted molar refractivity (Wildman–Crippen MR) is 54.5 cm³/mol. The van der Waals surface area contributed by atoms with Gasteiger partial charge >= 0.3 is 0 Å². The fraction of sp³-hybridized carbons (Fsp3) is 0.200. The van der Waals surface area contributed by atoms with Crippen molar-refractivity contribution in [2.45, 2.75) is 6.42 Å². The minimum atomic E-state index is -0.225. The van der Waals surface area contributed by atoms with E-state index in [-0.39, 0.29) is 12.3 Å². The number of nitrogen functional groups attached to an aromatic ring is 1. The Labute approximate surface area is 82.5 Å². The van der Waals surface area contributed by atoms with Gasteiger partial charge in [-0.15, -0.1) is 0 Å². The molecule has 0 fully saturated rings. The first-order valence-electron chi connectivity index (χ1n) is 4.14. The number of hydrogen-bond donors (Lipinski definition) is 1. The van der Waals surface area contributed by atoms with Crippen LogP contribution in [0, 0.1) is 11.3 Å². The van der Waals surface area contributed by atoms with Crippen molar-refractivity contribution in [3.8, 4) is 6.07 Å². The molecular weight excluding hydrogens is 178 g/mol. The second-order valence-electron chi connectivity index (χ2n) is 2.88. The van der Waals surface area contributed by atoms with Gasteiger partial charge in [-0.25, -0.2) is 0 Å². The number of carbonyl (C=O) groups is 1. The number of rotatable bonds is 2. The van der Waals surface area contributed by atoms with E-state index in [1.54, 1.807) is 31.3 Å². The summed E-state index contributed by atoms with van der Waals surface area (Å²) >= 11 is 0. The van der Waals surface area contributed by atoms with Gasteiger partial charge in [-0.2, -0.15) is 5.26 Å². The quantitative estimate of drug-likeness (QED) is 0.709. The molecule has 1 aromatic carbocycles. The van der Waals surface area contributed by atoms with Crippen molar-refractivity contribution in [3.63, 3.8) is 0 Å². The van der Waals surface area contributed by atoms with Crippen molar-refractivity contribution in [2.75, 3.05) is 17.7 Å². The summed E-state index contributed by atoms with van der Waals surface area (Å²) < 4.78 is 0. The Bertz CT molecular complexity index is 364. The summed E-state index contributed by atoms with van der Waals surface area (Å²) in [6.45, 7) is 0. The van der Waals surface area contributed by atoms with E-state index in [4.69, 9.17) is 11.0 Å². The minimum Gasteiger partial charge on any atom is -0.399 e. The van der Waals surface area contributed by atoms with Crippen LogP contribution in [0.15, 0.2) is 24.3 Å². The third-order valence-corrected chi connectivity index (χ3v) is 1.88. The summed E-state index contributed by atoms with van der Waals surface area (Å²) in [7, 11) is 1.63. The van der Waals surface area contributed by atoms with Crippen LogP contribution >= 0.6 is 0 Å². The van der Waals surface area contributed by atoms with E-state index in [1.165, 1.54) is 4.90 Å². The van der Waals surface area contributed by atoms with Crippen molar-refractivity contribution in [1.82, 2.24) is 0 Å². The number of nitriles is 1. The van der Waals surface area contributed by atoms with Gasteiger partial charge in [0.25, 0.3) is 0 Å². The second-order valence-corrected chi connectivity index (χ2v) is 2.88. The van der Waals surface area contributed by atoms with Crippen LogP contribution in [0.3, 0.4) is 0 Å². The SMILES string of the molecule is CN(C(=O)CC#N)c1ccc(N)cc1. The Morgan fingerprint density at radius 2 is 2.07 bits per heavy atom. The molecule has 1 amide bonds. The monoisotopic (exact) mass is 189 g/mol. The van der Waals surface area contributed by atoms with Crippen LogP contribution in [0.5, 0.6) is 0 Å². The highest BCUT2D eigenvalue weighted by Crippen LogP contribution is 2.15. The first kappa shape index (κ1) is 10.1. The molecule has 0 saturated heterocycles. The molecule has 0 bridgehead atoms. The smallest absolute Gasteiger partial charge is 0.240 e. The average Bonchev–Trinajstić information content (AvgIpc) is 2.18. The van der Waals surface area contributed by atoms with E-state index in [2.05, 4.69) is 0 Å². The fourth-order valence-corrected chi connectivity index (χ4v) is 1.03. The standard InChI is InChI=1S/C10H11N3O/c1-13(10(14)6-7-11)9-4-2-8(12)3-5-9/h2-5H,6,12H2,1H3. The van der Waals surface area contributed by atoms with E-state index < -0.39 is 0 Å². The van der Waals surface area contributed by atoms with Gasteiger partial charge in [0.15, 0.2) is 0 Å². The number of hydrogen-bond acceptors (Lipinski definition) is 3. The third kappa shape index (κ3) is 2.23. The van der Waals surface area contributed by atoms with Crippen LogP contribution in [0.4, 0.5) is 11.4 Å². The molecule has 2 N–H and O–H groups in total. The zero-order chi connectivity index (χ0) is 10.6. The second kappa shape index (κ2) is 4.28. The highest BCUT2D eigenvalue weighted by Gasteiger charge is 2.09. The summed E-state index contributed by atoms with van der Waals surface area (Å²) in [4.78, 5) is 12.7. The van der Waals surface area contributed by atoms with Crippen LogP contribution in [-0.4, -0.2) is 13.0 Å². The van der Waals surface area contributed by atoms with Gasteiger partial charge in [0.2, 0.25) is 5.91 Å². The van der Waals surface area contributed by atoms with Gasteiger partial charge in [0.05, 0.1) is 6.07 Å². The molecule has 0 aliphatic carbocycles. The molecule has 0 aliphatic heterocycles. The highest BCUT2D eigenvalue weighted by molar-refractivity contribution is 5.94. The number of benzene rings is 1. The maximum atomic E-state index is 11.3. The lowest BCUT2D eigenvalue weighted by Gasteiger charge is -2.15. The number of nitrogens with two attached hydrogens (primary N) is 1. The molecule has 14 heavy (non-hydrogen) atoms. The van der Waals surface area contributed by atoms with E-state index in [9.17, 15) is 4.79 Å². The van der Waals surface area contributed by atoms with Crippen LogP contribution in [0.2, 0.25) is 0 Å². The Morgan fingerprint density at radius 1 is 1.50 bits per heavy atom. The molecule has 4 heteroatoms. The van der Waals surface area contributed by atoms with E-state index in [0.29, 0.717) is 5.69 Å². The zero-order valence-corrected chi connectivity index (χ0v) is 7.90. The van der Waals surface area contributed by atoms with E-state index in [1.807, 2.05) is 6.07 Å². The fourth-order valence-electron chi connectivity index (χ4n) is 1.03. The summed E-state index contributed by atoms with van der Waals surface area (Å²) in [6.07, 6.45) is -0.110. The summed E-state index contributed by atoms with van der Waals surface area (Å²) in [6, 6.07) is 8.72. The lowest BCUT2D eigenvalue weighted by Crippen LogP contribution is -2.25. The molecule has 0 saturated carbocycles. The first-order valence-corrected chi connectivity index (χ1v) is 4.14. The van der Waals surface area contributed by atoms with Crippen molar-refractivity contribution in [2.24, 2.45) is 0 Å². The zero-order valence-electron chi connectivity index (χ0n) is 7.90. The largest absolute Gasteiger partial charge is 0.399 e. The molecule has 0 aromatic heterocycles. The molecule has 0 aliphatic rings. The summed E-state index contributed by atoms with van der Waals surface area (Å²) in [5.74, 6) is -0.225. The lowest BCUT2D eigenvalue weighted by atomic mass is 10.2. The molecule has 0 heterocycles. The van der Waals surface area contributed by atoms with E-state index in [0.717, 1.165) is 5.69 Å². The third-order valence-electron chi connectivity index (χ3n) is 1.88. The molecular formula is C10H11N3O. The number of amides is 1. The first-order chi connectivity index (χ1) is 6.65. The maximum Gasteiger partial charge on any atom is 0.240 e. The maximum absolute atomic E-state index is 11.3. The van der Waals surface area contributed by atoms with Crippen LogP contribution in [0.25, 0.3) is 0 Å². The average molecular weight is 189 g/mol.